The van der Waals surface area contributed by atoms with E-state index >= 15 is 0 Å². The van der Waals surface area contributed by atoms with E-state index in [-0.39, 0.29) is 11.8 Å². The van der Waals surface area contributed by atoms with Gasteiger partial charge in [-0.3, -0.25) is 9.59 Å². The summed E-state index contributed by atoms with van der Waals surface area (Å²) < 4.78 is 4.71. The van der Waals surface area contributed by atoms with Crippen LogP contribution >= 0.6 is 0 Å². The smallest absolute Gasteiger partial charge is 0.328 e. The number of unbranched alkanes of at least 4 members (excludes halogenated alkanes) is 1. The number of hydrogen-bond acceptors (Lipinski definition) is 4. The number of amides is 2. The third-order valence-electron chi connectivity index (χ3n) is 5.78. The molecule has 0 aliphatic heterocycles. The van der Waals surface area contributed by atoms with Crippen molar-refractivity contribution in [3.05, 3.63) is 23.8 Å². The first-order chi connectivity index (χ1) is 12.7. The van der Waals surface area contributed by atoms with E-state index in [2.05, 4.69) is 24.1 Å². The number of rotatable bonds is 9. The van der Waals surface area contributed by atoms with Gasteiger partial charge in [-0.05, 0) is 58.8 Å². The molecule has 1 aliphatic carbocycles. The van der Waals surface area contributed by atoms with E-state index in [9.17, 15) is 14.4 Å². The van der Waals surface area contributed by atoms with Crippen molar-refractivity contribution in [3.8, 4) is 0 Å². The molecule has 27 heavy (non-hydrogen) atoms. The SMILES string of the molecule is C=C[C@H]1CC[C@](C)(C(=O)NCCCC[C@H](NC(C)=O)C(=O)OC)C(C)=C1C. The predicted octanol–water partition coefficient (Wildman–Crippen LogP) is 2.89. The number of carbonyl (C=O) groups is 3. The van der Waals surface area contributed by atoms with E-state index in [0.29, 0.717) is 25.3 Å². The van der Waals surface area contributed by atoms with Gasteiger partial charge in [0.25, 0.3) is 0 Å². The Morgan fingerprint density at radius 2 is 2.00 bits per heavy atom. The summed E-state index contributed by atoms with van der Waals surface area (Å²) in [6.07, 6.45) is 5.62. The number of allylic oxidation sites excluding steroid dienone is 2. The lowest BCUT2D eigenvalue weighted by atomic mass is 9.68. The van der Waals surface area contributed by atoms with Crippen LogP contribution < -0.4 is 10.6 Å². The molecule has 0 aromatic heterocycles. The highest BCUT2D eigenvalue weighted by atomic mass is 16.5. The zero-order valence-electron chi connectivity index (χ0n) is 17.3. The van der Waals surface area contributed by atoms with Gasteiger partial charge in [0.05, 0.1) is 12.5 Å². The summed E-state index contributed by atoms with van der Waals surface area (Å²) >= 11 is 0. The van der Waals surface area contributed by atoms with E-state index in [1.807, 2.05) is 19.9 Å². The number of ether oxygens (including phenoxy) is 1. The largest absolute Gasteiger partial charge is 0.467 e. The Balaban J connectivity index is 2.51. The van der Waals surface area contributed by atoms with E-state index in [1.165, 1.54) is 19.6 Å². The predicted molar refractivity (Wildman–Crippen MR) is 106 cm³/mol. The molecule has 1 aliphatic rings. The van der Waals surface area contributed by atoms with Gasteiger partial charge in [-0.15, -0.1) is 6.58 Å². The van der Waals surface area contributed by atoms with E-state index in [1.54, 1.807) is 0 Å². The molecule has 6 heteroatoms. The first-order valence-corrected chi connectivity index (χ1v) is 9.61. The third-order valence-corrected chi connectivity index (χ3v) is 5.78. The lowest BCUT2D eigenvalue weighted by Gasteiger charge is -2.37. The molecule has 0 fully saturated rings. The highest BCUT2D eigenvalue weighted by molar-refractivity contribution is 5.86. The minimum absolute atomic E-state index is 0.0493. The Hall–Kier alpha value is -2.11. The molecule has 152 valence electrons. The van der Waals surface area contributed by atoms with Crippen molar-refractivity contribution in [3.63, 3.8) is 0 Å². The van der Waals surface area contributed by atoms with Crippen LogP contribution in [0.25, 0.3) is 0 Å². The molecule has 0 spiro atoms. The molecule has 0 aromatic carbocycles. The maximum Gasteiger partial charge on any atom is 0.328 e. The van der Waals surface area contributed by atoms with Crippen LogP contribution in [0.3, 0.4) is 0 Å². The summed E-state index contributed by atoms with van der Waals surface area (Å²) in [6.45, 7) is 11.9. The molecule has 6 nitrogen and oxygen atoms in total. The summed E-state index contributed by atoms with van der Waals surface area (Å²) in [5.74, 6) is -0.306. The molecule has 0 radical (unpaired) electrons. The van der Waals surface area contributed by atoms with E-state index in [0.717, 1.165) is 24.8 Å². The van der Waals surface area contributed by atoms with Gasteiger partial charge >= 0.3 is 5.97 Å². The zero-order valence-corrected chi connectivity index (χ0v) is 17.3. The fourth-order valence-electron chi connectivity index (χ4n) is 3.65. The molecule has 0 aromatic rings. The van der Waals surface area contributed by atoms with Gasteiger partial charge in [-0.1, -0.05) is 17.2 Å². The number of carbonyl (C=O) groups excluding carboxylic acids is 3. The van der Waals surface area contributed by atoms with Crippen LogP contribution in [-0.2, 0) is 19.1 Å². The van der Waals surface area contributed by atoms with Crippen molar-refractivity contribution < 1.29 is 19.1 Å². The Kier molecular flexibility index (Phi) is 8.73. The highest BCUT2D eigenvalue weighted by Crippen LogP contribution is 2.43. The van der Waals surface area contributed by atoms with E-state index < -0.39 is 17.4 Å². The second-order valence-electron chi connectivity index (χ2n) is 7.55. The second-order valence-corrected chi connectivity index (χ2v) is 7.55. The summed E-state index contributed by atoms with van der Waals surface area (Å²) in [5.41, 5.74) is 1.90. The third kappa shape index (κ3) is 5.94. The molecule has 2 amide bonds. The number of hydrogen-bond donors (Lipinski definition) is 2. The maximum absolute atomic E-state index is 12.8. The van der Waals surface area contributed by atoms with Crippen molar-refractivity contribution in [1.82, 2.24) is 10.6 Å². The monoisotopic (exact) mass is 378 g/mol. The molecule has 0 heterocycles. The second kappa shape index (κ2) is 10.3. The fraction of sp³-hybridized carbons (Fsp3) is 0.667. The normalized spacial score (nSPS) is 23.4. The minimum atomic E-state index is -0.636. The zero-order chi connectivity index (χ0) is 20.6. The average molecular weight is 379 g/mol. The van der Waals surface area contributed by atoms with Crippen LogP contribution in [0.4, 0.5) is 0 Å². The topological polar surface area (TPSA) is 84.5 Å². The number of esters is 1. The fourth-order valence-corrected chi connectivity index (χ4v) is 3.65. The van der Waals surface area contributed by atoms with Gasteiger partial charge in [0, 0.05) is 13.5 Å². The van der Waals surface area contributed by atoms with Crippen molar-refractivity contribution in [2.75, 3.05) is 13.7 Å². The van der Waals surface area contributed by atoms with Gasteiger partial charge in [-0.2, -0.15) is 0 Å². The van der Waals surface area contributed by atoms with Gasteiger partial charge in [0.15, 0.2) is 0 Å². The van der Waals surface area contributed by atoms with Crippen LogP contribution in [0, 0.1) is 11.3 Å². The Labute approximate surface area is 162 Å². The Morgan fingerprint density at radius 1 is 1.33 bits per heavy atom. The van der Waals surface area contributed by atoms with Gasteiger partial charge in [-0.25, -0.2) is 4.79 Å². The van der Waals surface area contributed by atoms with Gasteiger partial charge in [0.2, 0.25) is 11.8 Å². The van der Waals surface area contributed by atoms with Crippen LogP contribution in [0.1, 0.15) is 59.8 Å². The lowest BCUT2D eigenvalue weighted by molar-refractivity contribution is -0.145. The number of methoxy groups -OCH3 is 1. The molecule has 0 saturated heterocycles. The first-order valence-electron chi connectivity index (χ1n) is 9.61. The molecule has 1 rings (SSSR count). The molecule has 2 N–H and O–H groups in total. The maximum atomic E-state index is 12.8. The summed E-state index contributed by atoms with van der Waals surface area (Å²) in [4.78, 5) is 35.6. The van der Waals surface area contributed by atoms with Crippen molar-refractivity contribution in [1.29, 1.82) is 0 Å². The Morgan fingerprint density at radius 3 is 2.56 bits per heavy atom. The van der Waals surface area contributed by atoms with Crippen molar-refractivity contribution >= 4 is 17.8 Å². The Bertz CT molecular complexity index is 611. The minimum Gasteiger partial charge on any atom is -0.467 e. The lowest BCUT2D eigenvalue weighted by Crippen LogP contribution is -2.43. The van der Waals surface area contributed by atoms with Crippen LogP contribution in [0.5, 0.6) is 0 Å². The van der Waals surface area contributed by atoms with Crippen LogP contribution in [0.2, 0.25) is 0 Å². The molecule has 0 saturated carbocycles. The quantitative estimate of drug-likeness (QED) is 0.367. The number of nitrogens with one attached hydrogen (secondary N) is 2. The van der Waals surface area contributed by atoms with Crippen LogP contribution in [-0.4, -0.2) is 37.5 Å². The first kappa shape index (κ1) is 22.9. The molecule has 0 unspecified atom stereocenters. The molecule has 0 bridgehead atoms. The van der Waals surface area contributed by atoms with Crippen molar-refractivity contribution in [2.24, 2.45) is 11.3 Å². The van der Waals surface area contributed by atoms with Crippen LogP contribution in [0.15, 0.2) is 23.8 Å². The molecular formula is C21H34N2O4. The standard InChI is InChI=1S/C21H34N2O4/c1-7-17-11-12-21(5,15(3)14(17)2)20(26)22-13-9-8-10-18(19(25)27-6)23-16(4)24/h7,17-18H,1,8-13H2,2-6H3,(H,22,26)(H,23,24)/t17-,18-,21-/m0/s1. The van der Waals surface area contributed by atoms with Gasteiger partial charge in [0.1, 0.15) is 6.04 Å². The van der Waals surface area contributed by atoms with Gasteiger partial charge < -0.3 is 15.4 Å². The summed E-state index contributed by atoms with van der Waals surface area (Å²) in [5, 5.41) is 5.63. The average Bonchev–Trinajstić information content (AvgIpc) is 2.63. The summed E-state index contributed by atoms with van der Waals surface area (Å²) in [6, 6.07) is -0.636. The molecular weight excluding hydrogens is 344 g/mol. The highest BCUT2D eigenvalue weighted by Gasteiger charge is 2.39. The molecule has 3 atom stereocenters. The van der Waals surface area contributed by atoms with E-state index in [4.69, 9.17) is 4.74 Å². The van der Waals surface area contributed by atoms with Crippen molar-refractivity contribution in [2.45, 2.75) is 65.8 Å². The summed E-state index contributed by atoms with van der Waals surface area (Å²) in [7, 11) is 1.30.